The van der Waals surface area contributed by atoms with E-state index in [1.54, 1.807) is 6.07 Å². The summed E-state index contributed by atoms with van der Waals surface area (Å²) in [5.41, 5.74) is 5.97. The Hall–Kier alpha value is -1.00. The Morgan fingerprint density at radius 3 is 3.00 bits per heavy atom. The highest BCUT2D eigenvalue weighted by Crippen LogP contribution is 2.08. The molecule has 11 heavy (non-hydrogen) atoms. The molecule has 1 unspecified atom stereocenters. The lowest BCUT2D eigenvalue weighted by Crippen LogP contribution is -2.14. The van der Waals surface area contributed by atoms with Gasteiger partial charge in [-0.1, -0.05) is 0 Å². The molecule has 0 aromatic carbocycles. The van der Waals surface area contributed by atoms with Crippen LogP contribution >= 0.6 is 0 Å². The minimum Gasteiger partial charge on any atom is -0.394 e. The van der Waals surface area contributed by atoms with Gasteiger partial charge in [0.2, 0.25) is 5.95 Å². The molecule has 1 rings (SSSR count). The predicted octanol–water partition coefficient (Wildman–Crippen LogP) is 0.213. The summed E-state index contributed by atoms with van der Waals surface area (Å²) in [7, 11) is 0. The van der Waals surface area contributed by atoms with Gasteiger partial charge in [0, 0.05) is 6.20 Å². The third-order valence-corrected chi connectivity index (χ3v) is 1.38. The van der Waals surface area contributed by atoms with Crippen molar-refractivity contribution >= 4 is 0 Å². The zero-order chi connectivity index (χ0) is 8.27. The second-order valence-corrected chi connectivity index (χ2v) is 2.20. The van der Waals surface area contributed by atoms with Gasteiger partial charge in [0.15, 0.2) is 0 Å². The van der Waals surface area contributed by atoms with Crippen LogP contribution in [0.5, 0.6) is 0 Å². The van der Waals surface area contributed by atoms with Crippen LogP contribution in [0.4, 0.5) is 4.39 Å². The molecule has 0 radical (unpaired) electrons. The largest absolute Gasteiger partial charge is 0.394 e. The van der Waals surface area contributed by atoms with E-state index >= 15 is 0 Å². The van der Waals surface area contributed by atoms with E-state index in [4.69, 9.17) is 10.8 Å². The Labute approximate surface area is 63.7 Å². The number of nitrogens with zero attached hydrogens (tertiary/aromatic N) is 1. The van der Waals surface area contributed by atoms with Gasteiger partial charge in [0.25, 0.3) is 0 Å². The number of hydrogen-bond acceptors (Lipinski definition) is 3. The van der Waals surface area contributed by atoms with Crippen LogP contribution in [0.1, 0.15) is 11.6 Å². The lowest BCUT2D eigenvalue weighted by atomic mass is 10.1. The number of halogens is 1. The lowest BCUT2D eigenvalue weighted by molar-refractivity contribution is 0.267. The minimum atomic E-state index is -0.577. The van der Waals surface area contributed by atoms with Gasteiger partial charge in [-0.15, -0.1) is 0 Å². The Kier molecular flexibility index (Phi) is 2.51. The van der Waals surface area contributed by atoms with Gasteiger partial charge >= 0.3 is 0 Å². The molecule has 0 aliphatic rings. The van der Waals surface area contributed by atoms with Gasteiger partial charge in [0.1, 0.15) is 0 Å². The summed E-state index contributed by atoms with van der Waals surface area (Å²) in [6.45, 7) is -0.191. The van der Waals surface area contributed by atoms with E-state index in [9.17, 15) is 4.39 Å². The van der Waals surface area contributed by atoms with E-state index in [0.29, 0.717) is 5.56 Å². The lowest BCUT2D eigenvalue weighted by Gasteiger charge is -2.06. The maximum atomic E-state index is 12.4. The fourth-order valence-electron chi connectivity index (χ4n) is 0.753. The van der Waals surface area contributed by atoms with Crippen LogP contribution in [0.2, 0.25) is 0 Å². The van der Waals surface area contributed by atoms with Crippen LogP contribution in [0.25, 0.3) is 0 Å². The summed E-state index contributed by atoms with van der Waals surface area (Å²) in [5.74, 6) is -0.577. The number of hydrogen-bond donors (Lipinski definition) is 2. The Balaban J connectivity index is 2.86. The van der Waals surface area contributed by atoms with Crippen LogP contribution in [0, 0.1) is 5.95 Å². The van der Waals surface area contributed by atoms with E-state index in [0.717, 1.165) is 0 Å². The standard InChI is InChI=1S/C7H9FN2O/c8-7-3-5(1-2-10-7)6(9)4-11/h1-3,6,11H,4,9H2. The monoisotopic (exact) mass is 156 g/mol. The molecular weight excluding hydrogens is 147 g/mol. The molecule has 1 atom stereocenters. The molecule has 1 aromatic heterocycles. The molecule has 0 saturated carbocycles. The fraction of sp³-hybridized carbons (Fsp3) is 0.286. The van der Waals surface area contributed by atoms with Crippen molar-refractivity contribution in [3.05, 3.63) is 29.8 Å². The second kappa shape index (κ2) is 3.41. The predicted molar refractivity (Wildman–Crippen MR) is 38.2 cm³/mol. The number of pyridine rings is 1. The van der Waals surface area contributed by atoms with Gasteiger partial charge in [-0.3, -0.25) is 0 Å². The molecule has 0 fully saturated rings. The van der Waals surface area contributed by atoms with Crippen molar-refractivity contribution in [2.24, 2.45) is 5.73 Å². The molecule has 1 heterocycles. The maximum absolute atomic E-state index is 12.4. The third-order valence-electron chi connectivity index (χ3n) is 1.38. The van der Waals surface area contributed by atoms with E-state index in [1.165, 1.54) is 12.3 Å². The average molecular weight is 156 g/mol. The van der Waals surface area contributed by atoms with Crippen LogP contribution in [-0.4, -0.2) is 16.7 Å². The first-order chi connectivity index (χ1) is 5.24. The molecule has 0 saturated heterocycles. The van der Waals surface area contributed by atoms with Crippen molar-refractivity contribution in [3.63, 3.8) is 0 Å². The Bertz CT molecular complexity index is 242. The highest BCUT2D eigenvalue weighted by molar-refractivity contribution is 5.14. The molecule has 0 amide bonds. The molecule has 0 spiro atoms. The third kappa shape index (κ3) is 1.96. The maximum Gasteiger partial charge on any atom is 0.213 e. The quantitative estimate of drug-likeness (QED) is 0.602. The Morgan fingerprint density at radius 1 is 1.73 bits per heavy atom. The minimum absolute atomic E-state index is 0.191. The van der Waals surface area contributed by atoms with Crippen molar-refractivity contribution in [2.75, 3.05) is 6.61 Å². The molecule has 0 aliphatic heterocycles. The van der Waals surface area contributed by atoms with Crippen molar-refractivity contribution in [1.29, 1.82) is 0 Å². The second-order valence-electron chi connectivity index (χ2n) is 2.20. The summed E-state index contributed by atoms with van der Waals surface area (Å²) < 4.78 is 12.4. The first-order valence-corrected chi connectivity index (χ1v) is 3.22. The van der Waals surface area contributed by atoms with Crippen LogP contribution in [0.3, 0.4) is 0 Å². The molecule has 1 aromatic rings. The molecule has 0 aliphatic carbocycles. The van der Waals surface area contributed by atoms with Crippen molar-refractivity contribution in [3.8, 4) is 0 Å². The molecule has 3 nitrogen and oxygen atoms in total. The number of nitrogens with two attached hydrogens (primary N) is 1. The van der Waals surface area contributed by atoms with E-state index in [1.807, 2.05) is 0 Å². The zero-order valence-electron chi connectivity index (χ0n) is 5.87. The van der Waals surface area contributed by atoms with Crippen molar-refractivity contribution in [1.82, 2.24) is 4.98 Å². The molecule has 0 bridgehead atoms. The van der Waals surface area contributed by atoms with E-state index < -0.39 is 12.0 Å². The molecular formula is C7H9FN2O. The van der Waals surface area contributed by atoms with Gasteiger partial charge in [-0.2, -0.15) is 4.39 Å². The van der Waals surface area contributed by atoms with Gasteiger partial charge in [-0.05, 0) is 17.7 Å². The average Bonchev–Trinajstić information content (AvgIpc) is 2.03. The zero-order valence-corrected chi connectivity index (χ0v) is 5.87. The summed E-state index contributed by atoms with van der Waals surface area (Å²) in [4.78, 5) is 3.35. The Morgan fingerprint density at radius 2 is 2.45 bits per heavy atom. The topological polar surface area (TPSA) is 59.1 Å². The first kappa shape index (κ1) is 8.10. The van der Waals surface area contributed by atoms with Gasteiger partial charge < -0.3 is 10.8 Å². The van der Waals surface area contributed by atoms with Gasteiger partial charge in [0.05, 0.1) is 12.6 Å². The normalized spacial score (nSPS) is 13.0. The summed E-state index contributed by atoms with van der Waals surface area (Å²) >= 11 is 0. The van der Waals surface area contributed by atoms with Crippen molar-refractivity contribution < 1.29 is 9.50 Å². The number of aromatic nitrogens is 1. The van der Waals surface area contributed by atoms with Crippen LogP contribution < -0.4 is 5.73 Å². The van der Waals surface area contributed by atoms with Crippen molar-refractivity contribution in [2.45, 2.75) is 6.04 Å². The SMILES string of the molecule is NC(CO)c1ccnc(F)c1. The van der Waals surface area contributed by atoms with E-state index in [-0.39, 0.29) is 6.61 Å². The first-order valence-electron chi connectivity index (χ1n) is 3.22. The van der Waals surface area contributed by atoms with Gasteiger partial charge in [-0.25, -0.2) is 4.98 Å². The number of rotatable bonds is 2. The van der Waals surface area contributed by atoms with Crippen LogP contribution in [-0.2, 0) is 0 Å². The smallest absolute Gasteiger partial charge is 0.213 e. The summed E-state index contributed by atoms with van der Waals surface area (Å²) in [6, 6.07) is 2.26. The molecule has 3 N–H and O–H groups in total. The molecule has 4 heteroatoms. The summed E-state index contributed by atoms with van der Waals surface area (Å²) in [5, 5.41) is 8.61. The highest BCUT2D eigenvalue weighted by atomic mass is 19.1. The summed E-state index contributed by atoms with van der Waals surface area (Å²) in [6.07, 6.45) is 1.32. The van der Waals surface area contributed by atoms with E-state index in [2.05, 4.69) is 4.98 Å². The highest BCUT2D eigenvalue weighted by Gasteiger charge is 2.04. The molecule has 60 valence electrons. The fourth-order valence-corrected chi connectivity index (χ4v) is 0.753. The number of aliphatic hydroxyl groups is 1. The van der Waals surface area contributed by atoms with Crippen LogP contribution in [0.15, 0.2) is 18.3 Å². The number of aliphatic hydroxyl groups excluding tert-OH is 1.